The van der Waals surface area contributed by atoms with E-state index in [1.54, 1.807) is 14.2 Å². The molecule has 0 fully saturated rings. The zero-order chi connectivity index (χ0) is 21.7. The number of benzene rings is 2. The molecule has 3 aromatic rings. The highest BCUT2D eigenvalue weighted by Crippen LogP contribution is 2.35. The van der Waals surface area contributed by atoms with E-state index in [4.69, 9.17) is 18.6 Å². The average molecular weight is 409 g/mol. The van der Waals surface area contributed by atoms with E-state index in [9.17, 15) is 9.59 Å². The Morgan fingerprint density at radius 3 is 1.90 bits per heavy atom. The van der Waals surface area contributed by atoms with E-state index in [1.807, 2.05) is 48.5 Å². The van der Waals surface area contributed by atoms with Gasteiger partial charge in [0, 0.05) is 17.5 Å². The summed E-state index contributed by atoms with van der Waals surface area (Å²) in [6.07, 6.45) is 0.0152. The smallest absolute Gasteiger partial charge is 0.316 e. The van der Waals surface area contributed by atoms with Crippen LogP contribution in [0.25, 0.3) is 22.6 Å². The third-order valence-corrected chi connectivity index (χ3v) is 4.74. The highest BCUT2D eigenvalue weighted by atomic mass is 16.5. The molecular weight excluding hydrogens is 386 g/mol. The number of hydrogen-bond acceptors (Lipinski definition) is 7. The molecule has 1 atom stereocenters. The molecule has 0 N–H and O–H groups in total. The van der Waals surface area contributed by atoms with Crippen molar-refractivity contribution in [2.24, 2.45) is 5.92 Å². The molecule has 7 nitrogen and oxygen atoms in total. The van der Waals surface area contributed by atoms with Crippen LogP contribution in [-0.4, -0.2) is 38.1 Å². The number of hydrogen-bond donors (Lipinski definition) is 0. The second-order valence-corrected chi connectivity index (χ2v) is 6.63. The van der Waals surface area contributed by atoms with Gasteiger partial charge in [0.25, 0.3) is 0 Å². The Bertz CT molecular complexity index is 956. The molecule has 0 aliphatic carbocycles. The Kier molecular flexibility index (Phi) is 6.51. The average Bonchev–Trinajstić information content (AvgIpc) is 3.20. The summed E-state index contributed by atoms with van der Waals surface area (Å²) < 4.78 is 21.2. The van der Waals surface area contributed by atoms with E-state index >= 15 is 0 Å². The lowest BCUT2D eigenvalue weighted by atomic mass is 10.0. The molecule has 0 bridgehead atoms. The molecule has 30 heavy (non-hydrogen) atoms. The van der Waals surface area contributed by atoms with Gasteiger partial charge in [-0.1, -0.05) is 0 Å². The first-order chi connectivity index (χ1) is 14.5. The summed E-state index contributed by atoms with van der Waals surface area (Å²) in [5, 5.41) is 0. The fourth-order valence-electron chi connectivity index (χ4n) is 3.04. The van der Waals surface area contributed by atoms with Crippen LogP contribution in [0.15, 0.2) is 52.9 Å². The number of nitrogens with zero attached hydrogens (tertiary/aromatic N) is 1. The monoisotopic (exact) mass is 409 g/mol. The quantitative estimate of drug-likeness (QED) is 0.411. The molecule has 1 aromatic heterocycles. The molecule has 0 amide bonds. The summed E-state index contributed by atoms with van der Waals surface area (Å²) in [4.78, 5) is 28.5. The summed E-state index contributed by atoms with van der Waals surface area (Å²) in [6.45, 7) is 1.35. The molecule has 0 spiro atoms. The van der Waals surface area contributed by atoms with Crippen molar-refractivity contribution >= 4 is 11.8 Å². The van der Waals surface area contributed by atoms with E-state index in [-0.39, 0.29) is 18.1 Å². The highest BCUT2D eigenvalue weighted by molar-refractivity contribution is 5.97. The minimum atomic E-state index is -0.971. The first-order valence-corrected chi connectivity index (χ1v) is 9.33. The van der Waals surface area contributed by atoms with Crippen LogP contribution in [0, 0.1) is 5.92 Å². The lowest BCUT2D eigenvalue weighted by Crippen LogP contribution is -2.25. The molecule has 0 aliphatic rings. The number of carbonyl (C=O) groups is 2. The van der Waals surface area contributed by atoms with Crippen molar-refractivity contribution in [3.05, 3.63) is 54.4 Å². The SMILES string of the molecule is COC(=O)C(Cc1nc(-c2ccc(OC)cc2)c(-c2ccc(OC)cc2)o1)C(C)=O. The maximum atomic E-state index is 12.0. The van der Waals surface area contributed by atoms with E-state index in [0.717, 1.165) is 16.9 Å². The van der Waals surface area contributed by atoms with Gasteiger partial charge in [0.1, 0.15) is 28.9 Å². The van der Waals surface area contributed by atoms with Crippen LogP contribution in [0.5, 0.6) is 11.5 Å². The predicted octanol–water partition coefficient (Wildman–Crippen LogP) is 3.95. The molecule has 2 aromatic carbocycles. The Morgan fingerprint density at radius 2 is 1.43 bits per heavy atom. The molecule has 0 radical (unpaired) electrons. The Labute approximate surface area is 174 Å². The van der Waals surface area contributed by atoms with Crippen molar-refractivity contribution < 1.29 is 28.2 Å². The van der Waals surface area contributed by atoms with E-state index in [1.165, 1.54) is 14.0 Å². The van der Waals surface area contributed by atoms with Crippen molar-refractivity contribution in [3.8, 4) is 34.1 Å². The predicted molar refractivity (Wildman–Crippen MR) is 110 cm³/mol. The van der Waals surface area contributed by atoms with Crippen molar-refractivity contribution in [1.82, 2.24) is 4.98 Å². The zero-order valence-corrected chi connectivity index (χ0v) is 17.3. The summed E-state index contributed by atoms with van der Waals surface area (Å²) in [5.41, 5.74) is 2.21. The Balaban J connectivity index is 2.05. The third kappa shape index (κ3) is 4.51. The van der Waals surface area contributed by atoms with Gasteiger partial charge in [0.05, 0.1) is 21.3 Å². The largest absolute Gasteiger partial charge is 0.497 e. The second-order valence-electron chi connectivity index (χ2n) is 6.63. The lowest BCUT2D eigenvalue weighted by molar-refractivity contribution is -0.149. The van der Waals surface area contributed by atoms with Crippen LogP contribution in [-0.2, 0) is 20.7 Å². The normalized spacial score (nSPS) is 11.6. The van der Waals surface area contributed by atoms with Crippen LogP contribution in [0.3, 0.4) is 0 Å². The maximum absolute atomic E-state index is 12.0. The minimum Gasteiger partial charge on any atom is -0.497 e. The number of rotatable bonds is 8. The molecule has 1 heterocycles. The molecule has 0 saturated heterocycles. The van der Waals surface area contributed by atoms with Crippen LogP contribution < -0.4 is 9.47 Å². The minimum absolute atomic E-state index is 0.0152. The van der Waals surface area contributed by atoms with Crippen molar-refractivity contribution in [2.45, 2.75) is 13.3 Å². The maximum Gasteiger partial charge on any atom is 0.316 e. The van der Waals surface area contributed by atoms with Gasteiger partial charge >= 0.3 is 5.97 Å². The molecule has 7 heteroatoms. The first-order valence-electron chi connectivity index (χ1n) is 9.33. The van der Waals surface area contributed by atoms with Gasteiger partial charge in [-0.25, -0.2) is 4.98 Å². The van der Waals surface area contributed by atoms with Crippen LogP contribution in [0.4, 0.5) is 0 Å². The third-order valence-electron chi connectivity index (χ3n) is 4.74. The summed E-state index contributed by atoms with van der Waals surface area (Å²) in [7, 11) is 4.44. The number of esters is 1. The van der Waals surface area contributed by atoms with E-state index in [0.29, 0.717) is 17.2 Å². The number of methoxy groups -OCH3 is 3. The molecule has 0 aliphatic heterocycles. The molecule has 0 saturated carbocycles. The van der Waals surface area contributed by atoms with Crippen molar-refractivity contribution in [1.29, 1.82) is 0 Å². The number of oxazole rings is 1. The van der Waals surface area contributed by atoms with Gasteiger partial charge in [-0.05, 0) is 55.5 Å². The molecule has 3 rings (SSSR count). The zero-order valence-electron chi connectivity index (χ0n) is 17.3. The number of carbonyl (C=O) groups excluding carboxylic acids is 2. The highest BCUT2D eigenvalue weighted by Gasteiger charge is 2.28. The van der Waals surface area contributed by atoms with Gasteiger partial charge in [-0.15, -0.1) is 0 Å². The number of aromatic nitrogens is 1. The summed E-state index contributed by atoms with van der Waals surface area (Å²) in [5.74, 6) is 0.348. The molecule has 1 unspecified atom stereocenters. The van der Waals surface area contributed by atoms with Crippen LogP contribution in [0.1, 0.15) is 12.8 Å². The lowest BCUT2D eigenvalue weighted by Gasteiger charge is -2.08. The van der Waals surface area contributed by atoms with Crippen molar-refractivity contribution in [2.75, 3.05) is 21.3 Å². The fraction of sp³-hybridized carbons (Fsp3) is 0.261. The van der Waals surface area contributed by atoms with Crippen LogP contribution >= 0.6 is 0 Å². The van der Waals surface area contributed by atoms with Gasteiger partial charge in [-0.2, -0.15) is 0 Å². The summed E-state index contributed by atoms with van der Waals surface area (Å²) in [6, 6.07) is 14.8. The Hall–Kier alpha value is -3.61. The van der Waals surface area contributed by atoms with Gasteiger partial charge in [-0.3, -0.25) is 9.59 Å². The van der Waals surface area contributed by atoms with Gasteiger partial charge in [0.15, 0.2) is 11.7 Å². The van der Waals surface area contributed by atoms with Gasteiger partial charge < -0.3 is 18.6 Å². The van der Waals surface area contributed by atoms with Crippen LogP contribution in [0.2, 0.25) is 0 Å². The standard InChI is InChI=1S/C23H23NO6/c1-14(25)19(23(26)29-4)13-20-24-21(15-5-9-17(27-2)10-6-15)22(30-20)16-7-11-18(28-3)12-8-16/h5-12,19H,13H2,1-4H3. The second kappa shape index (κ2) is 9.26. The van der Waals surface area contributed by atoms with E-state index < -0.39 is 11.9 Å². The van der Waals surface area contributed by atoms with Gasteiger partial charge in [0.2, 0.25) is 0 Å². The molecular formula is C23H23NO6. The topological polar surface area (TPSA) is 87.9 Å². The number of Topliss-reactive ketones (excluding diaryl/α,β-unsaturated/α-hetero) is 1. The van der Waals surface area contributed by atoms with E-state index in [2.05, 4.69) is 4.98 Å². The number of ether oxygens (including phenoxy) is 3. The summed E-state index contributed by atoms with van der Waals surface area (Å²) >= 11 is 0. The fourth-order valence-corrected chi connectivity index (χ4v) is 3.04. The van der Waals surface area contributed by atoms with Crippen molar-refractivity contribution in [3.63, 3.8) is 0 Å². The number of ketones is 1. The molecule has 156 valence electrons. The first kappa shape index (κ1) is 21.1. The Morgan fingerprint density at radius 1 is 0.900 bits per heavy atom.